The lowest BCUT2D eigenvalue weighted by molar-refractivity contribution is -0.480. The molecule has 1 aromatic carbocycles. The van der Waals surface area contributed by atoms with E-state index in [0.29, 0.717) is 19.8 Å². The maximum atomic E-state index is 5.96. The molecule has 1 aromatic rings. The van der Waals surface area contributed by atoms with Crippen molar-refractivity contribution >= 4 is 0 Å². The van der Waals surface area contributed by atoms with E-state index in [4.69, 9.17) is 20.6 Å². The summed E-state index contributed by atoms with van der Waals surface area (Å²) in [5.41, 5.74) is 1.76. The van der Waals surface area contributed by atoms with Gasteiger partial charge in [-0.15, -0.1) is 6.42 Å². The molecule has 4 rings (SSSR count). The summed E-state index contributed by atoms with van der Waals surface area (Å²) in [6.45, 7) is 4.32. The summed E-state index contributed by atoms with van der Waals surface area (Å²) in [4.78, 5) is 0. The number of hydrogen-bond acceptors (Lipinski definition) is 3. The zero-order valence-electron chi connectivity index (χ0n) is 12.6. The third kappa shape index (κ3) is 2.72. The molecular formula is C18H22O3. The average Bonchev–Trinajstić information content (AvgIpc) is 2.57. The Bertz CT molecular complexity index is 502. The zero-order valence-corrected chi connectivity index (χ0v) is 12.6. The lowest BCUT2D eigenvalue weighted by atomic mass is 9.83. The number of benzene rings is 1. The van der Waals surface area contributed by atoms with Gasteiger partial charge < -0.3 is 14.2 Å². The third-order valence-electron chi connectivity index (χ3n) is 4.42. The van der Waals surface area contributed by atoms with E-state index in [9.17, 15) is 0 Å². The highest BCUT2D eigenvalue weighted by atomic mass is 16.9. The standard InChI is InChI=1S/C18H22O3/c1-3-5-6-11-17-12-19-18(20-13-17,21-14-17)16-9-7-15(4-2)8-10-16/h2,7-10H,3,5-6,11-14H2,1H3. The van der Waals surface area contributed by atoms with Crippen LogP contribution in [-0.2, 0) is 20.2 Å². The minimum Gasteiger partial charge on any atom is -0.323 e. The van der Waals surface area contributed by atoms with Crippen molar-refractivity contribution in [2.75, 3.05) is 19.8 Å². The second kappa shape index (κ2) is 5.81. The Morgan fingerprint density at radius 3 is 2.19 bits per heavy atom. The van der Waals surface area contributed by atoms with Crippen LogP contribution in [-0.4, -0.2) is 19.8 Å². The van der Waals surface area contributed by atoms with Gasteiger partial charge in [-0.1, -0.05) is 32.1 Å². The zero-order chi connectivity index (χ0) is 14.8. The summed E-state index contributed by atoms with van der Waals surface area (Å²) >= 11 is 0. The fourth-order valence-corrected chi connectivity index (χ4v) is 2.98. The summed E-state index contributed by atoms with van der Waals surface area (Å²) in [7, 11) is 0. The Labute approximate surface area is 126 Å². The second-order valence-electron chi connectivity index (χ2n) is 6.10. The molecule has 0 radical (unpaired) electrons. The number of hydrogen-bond donors (Lipinski definition) is 0. The van der Waals surface area contributed by atoms with E-state index in [1.165, 1.54) is 19.3 Å². The van der Waals surface area contributed by atoms with Crippen LogP contribution >= 0.6 is 0 Å². The highest BCUT2D eigenvalue weighted by molar-refractivity contribution is 5.35. The average molecular weight is 286 g/mol. The number of unbranched alkanes of at least 4 members (excludes halogenated alkanes) is 2. The first-order chi connectivity index (χ1) is 10.2. The molecule has 3 nitrogen and oxygen atoms in total. The van der Waals surface area contributed by atoms with E-state index < -0.39 is 5.97 Å². The summed E-state index contributed by atoms with van der Waals surface area (Å²) < 4.78 is 17.9. The molecule has 0 N–H and O–H groups in total. The van der Waals surface area contributed by atoms with Crippen LogP contribution in [0, 0.1) is 17.8 Å². The van der Waals surface area contributed by atoms with Gasteiger partial charge in [0.25, 0.3) is 0 Å². The first kappa shape index (κ1) is 14.6. The molecule has 3 fully saturated rings. The van der Waals surface area contributed by atoms with Gasteiger partial charge in [0.2, 0.25) is 0 Å². The maximum absolute atomic E-state index is 5.96. The van der Waals surface area contributed by atoms with E-state index in [1.54, 1.807) is 0 Å². The Morgan fingerprint density at radius 1 is 1.05 bits per heavy atom. The Kier molecular flexibility index (Phi) is 4.03. The van der Waals surface area contributed by atoms with Gasteiger partial charge in [-0.05, 0) is 30.7 Å². The Balaban J connectivity index is 1.69. The number of rotatable bonds is 5. The van der Waals surface area contributed by atoms with Crippen molar-refractivity contribution in [3.63, 3.8) is 0 Å². The first-order valence-electron chi connectivity index (χ1n) is 7.71. The fourth-order valence-electron chi connectivity index (χ4n) is 2.98. The number of ether oxygens (including phenoxy) is 3. The van der Waals surface area contributed by atoms with Crippen LogP contribution in [0.5, 0.6) is 0 Å². The molecule has 0 aromatic heterocycles. The van der Waals surface area contributed by atoms with Crippen molar-refractivity contribution < 1.29 is 14.2 Å². The molecule has 2 bridgehead atoms. The minimum atomic E-state index is -1.03. The fraction of sp³-hybridized carbons (Fsp3) is 0.556. The van der Waals surface area contributed by atoms with Gasteiger partial charge in [0, 0.05) is 16.5 Å². The normalized spacial score (nSPS) is 31.0. The highest BCUT2D eigenvalue weighted by Gasteiger charge is 2.53. The summed E-state index contributed by atoms with van der Waals surface area (Å²) in [5, 5.41) is 0. The van der Waals surface area contributed by atoms with Gasteiger partial charge in [0.15, 0.2) is 0 Å². The largest absolute Gasteiger partial charge is 0.323 e. The smallest absolute Gasteiger partial charge is 0.312 e. The maximum Gasteiger partial charge on any atom is 0.312 e. The van der Waals surface area contributed by atoms with Gasteiger partial charge in [-0.2, -0.15) is 0 Å². The third-order valence-corrected chi connectivity index (χ3v) is 4.42. The molecule has 3 heteroatoms. The van der Waals surface area contributed by atoms with Crippen LogP contribution in [0.25, 0.3) is 0 Å². The van der Waals surface area contributed by atoms with Crippen molar-refractivity contribution in [1.82, 2.24) is 0 Å². The van der Waals surface area contributed by atoms with Gasteiger partial charge in [0.05, 0.1) is 19.8 Å². The van der Waals surface area contributed by atoms with Crippen LogP contribution in [0.2, 0.25) is 0 Å². The molecule has 3 aliphatic heterocycles. The second-order valence-corrected chi connectivity index (χ2v) is 6.10. The lowest BCUT2D eigenvalue weighted by Gasteiger charge is -2.52. The Morgan fingerprint density at radius 2 is 1.67 bits per heavy atom. The summed E-state index contributed by atoms with van der Waals surface area (Å²) in [5.74, 6) is 1.58. The van der Waals surface area contributed by atoms with Crippen molar-refractivity contribution in [3.05, 3.63) is 35.4 Å². The van der Waals surface area contributed by atoms with Crippen molar-refractivity contribution in [2.45, 2.75) is 38.6 Å². The van der Waals surface area contributed by atoms with Gasteiger partial charge in [-0.3, -0.25) is 0 Å². The van der Waals surface area contributed by atoms with Gasteiger partial charge in [-0.25, -0.2) is 0 Å². The molecule has 3 saturated heterocycles. The highest BCUT2D eigenvalue weighted by Crippen LogP contribution is 2.46. The summed E-state index contributed by atoms with van der Waals surface area (Å²) in [6, 6.07) is 7.62. The quantitative estimate of drug-likeness (QED) is 0.613. The van der Waals surface area contributed by atoms with E-state index in [2.05, 4.69) is 12.8 Å². The molecule has 0 amide bonds. The molecule has 3 aliphatic rings. The predicted molar refractivity (Wildman–Crippen MR) is 80.5 cm³/mol. The first-order valence-corrected chi connectivity index (χ1v) is 7.71. The van der Waals surface area contributed by atoms with Crippen LogP contribution in [0.4, 0.5) is 0 Å². The van der Waals surface area contributed by atoms with Crippen molar-refractivity contribution in [3.8, 4) is 12.3 Å². The van der Waals surface area contributed by atoms with Crippen molar-refractivity contribution in [1.29, 1.82) is 0 Å². The molecular weight excluding hydrogens is 264 g/mol. The topological polar surface area (TPSA) is 27.7 Å². The summed E-state index contributed by atoms with van der Waals surface area (Å²) in [6.07, 6.45) is 10.2. The van der Waals surface area contributed by atoms with E-state index in [-0.39, 0.29) is 5.41 Å². The van der Waals surface area contributed by atoms with Crippen LogP contribution < -0.4 is 0 Å². The molecule has 0 saturated carbocycles. The van der Waals surface area contributed by atoms with Crippen molar-refractivity contribution in [2.24, 2.45) is 5.41 Å². The molecule has 0 spiro atoms. The SMILES string of the molecule is C#Cc1ccc(C23OCC(CCCCC)(CO2)CO3)cc1. The molecule has 0 aliphatic carbocycles. The molecule has 3 heterocycles. The Hall–Kier alpha value is -1.34. The van der Waals surface area contributed by atoms with E-state index in [0.717, 1.165) is 17.5 Å². The molecule has 0 atom stereocenters. The monoisotopic (exact) mass is 286 g/mol. The van der Waals surface area contributed by atoms with E-state index in [1.807, 2.05) is 24.3 Å². The lowest BCUT2D eigenvalue weighted by Crippen LogP contribution is -2.58. The van der Waals surface area contributed by atoms with E-state index >= 15 is 0 Å². The van der Waals surface area contributed by atoms with Gasteiger partial charge in [0.1, 0.15) is 0 Å². The molecule has 112 valence electrons. The van der Waals surface area contributed by atoms with Crippen LogP contribution in [0.3, 0.4) is 0 Å². The van der Waals surface area contributed by atoms with Crippen LogP contribution in [0.1, 0.15) is 43.7 Å². The predicted octanol–water partition coefficient (Wildman–Crippen LogP) is 3.42. The molecule has 21 heavy (non-hydrogen) atoms. The minimum absolute atomic E-state index is 0.0374. The molecule has 0 unspecified atom stereocenters. The number of terminal acetylenes is 1. The van der Waals surface area contributed by atoms with Gasteiger partial charge >= 0.3 is 5.97 Å². The number of fused-ring (bicyclic) bond motifs is 3. The van der Waals surface area contributed by atoms with Crippen LogP contribution in [0.15, 0.2) is 24.3 Å².